The van der Waals surface area contributed by atoms with E-state index in [0.717, 1.165) is 12.2 Å². The predicted octanol–water partition coefficient (Wildman–Crippen LogP) is 5.78. The topological polar surface area (TPSA) is 18.5 Å². The van der Waals surface area contributed by atoms with Gasteiger partial charge in [0, 0.05) is 5.56 Å². The SMILES string of the molecule is CCCCc1ccc(OCCOCc2ccc(C[S+](CC)CC)cc2)cc1. The maximum absolute atomic E-state index is 5.77. The zero-order valence-corrected chi connectivity index (χ0v) is 18.0. The summed E-state index contributed by atoms with van der Waals surface area (Å²) in [6.07, 6.45) is 3.63. The van der Waals surface area contributed by atoms with Gasteiger partial charge in [-0.1, -0.05) is 49.7 Å². The molecule has 0 fully saturated rings. The smallest absolute Gasteiger partial charge is 0.133 e. The Morgan fingerprint density at radius 1 is 0.741 bits per heavy atom. The van der Waals surface area contributed by atoms with Gasteiger partial charge in [0.05, 0.1) is 13.2 Å². The fourth-order valence-electron chi connectivity index (χ4n) is 2.92. The molecule has 0 aliphatic carbocycles. The van der Waals surface area contributed by atoms with Crippen LogP contribution in [0, 0.1) is 0 Å². The Bertz CT molecular complexity index is 618. The van der Waals surface area contributed by atoms with E-state index in [-0.39, 0.29) is 0 Å². The Labute approximate surface area is 168 Å². The quantitative estimate of drug-likeness (QED) is 0.320. The van der Waals surface area contributed by atoms with Crippen LogP contribution in [-0.4, -0.2) is 24.7 Å². The number of benzene rings is 2. The largest absolute Gasteiger partial charge is 0.491 e. The highest BCUT2D eigenvalue weighted by Gasteiger charge is 2.12. The molecule has 0 bridgehead atoms. The third-order valence-corrected chi connectivity index (χ3v) is 7.09. The van der Waals surface area contributed by atoms with Crippen molar-refractivity contribution in [3.63, 3.8) is 0 Å². The molecule has 0 spiro atoms. The molecule has 0 aliphatic heterocycles. The van der Waals surface area contributed by atoms with Gasteiger partial charge in [0.2, 0.25) is 0 Å². The van der Waals surface area contributed by atoms with Gasteiger partial charge in [-0.05, 0) is 60.8 Å². The monoisotopic (exact) mass is 387 g/mol. The Kier molecular flexibility index (Phi) is 10.4. The minimum absolute atomic E-state index is 0.526. The lowest BCUT2D eigenvalue weighted by atomic mass is 10.1. The van der Waals surface area contributed by atoms with Gasteiger partial charge in [0.15, 0.2) is 0 Å². The Balaban J connectivity index is 1.63. The molecule has 0 saturated carbocycles. The van der Waals surface area contributed by atoms with Gasteiger partial charge in [-0.3, -0.25) is 0 Å². The zero-order valence-electron chi connectivity index (χ0n) is 17.2. The van der Waals surface area contributed by atoms with Gasteiger partial charge in [0.25, 0.3) is 0 Å². The number of aryl methyl sites for hydroxylation is 1. The first-order valence-corrected chi connectivity index (χ1v) is 12.0. The van der Waals surface area contributed by atoms with Gasteiger partial charge in [-0.2, -0.15) is 0 Å². The number of rotatable bonds is 13. The maximum atomic E-state index is 5.77. The molecule has 0 aliphatic rings. The van der Waals surface area contributed by atoms with Crippen LogP contribution < -0.4 is 4.74 Å². The average Bonchev–Trinajstić information content (AvgIpc) is 2.72. The lowest BCUT2D eigenvalue weighted by molar-refractivity contribution is 0.0889. The number of hydrogen-bond donors (Lipinski definition) is 0. The Hall–Kier alpha value is -1.45. The van der Waals surface area contributed by atoms with Crippen LogP contribution in [0.1, 0.15) is 50.3 Å². The van der Waals surface area contributed by atoms with E-state index in [1.807, 2.05) is 0 Å². The Morgan fingerprint density at radius 3 is 2.00 bits per heavy atom. The molecule has 2 nitrogen and oxygen atoms in total. The molecule has 2 aromatic rings. The molecule has 0 radical (unpaired) electrons. The highest BCUT2D eigenvalue weighted by molar-refractivity contribution is 7.96. The summed E-state index contributed by atoms with van der Waals surface area (Å²) < 4.78 is 11.5. The fourth-order valence-corrected chi connectivity index (χ4v) is 4.40. The third kappa shape index (κ3) is 8.40. The molecular weight excluding hydrogens is 352 g/mol. The molecule has 0 heterocycles. The molecule has 0 atom stereocenters. The van der Waals surface area contributed by atoms with E-state index in [1.165, 1.54) is 46.8 Å². The Morgan fingerprint density at radius 2 is 1.37 bits per heavy atom. The van der Waals surface area contributed by atoms with Crippen molar-refractivity contribution in [3.8, 4) is 5.75 Å². The first-order valence-electron chi connectivity index (χ1n) is 10.3. The van der Waals surface area contributed by atoms with Crippen LogP contribution >= 0.6 is 0 Å². The zero-order chi connectivity index (χ0) is 19.3. The number of ether oxygens (including phenoxy) is 2. The second-order valence-corrected chi connectivity index (χ2v) is 9.47. The van der Waals surface area contributed by atoms with Gasteiger partial charge in [-0.25, -0.2) is 0 Å². The van der Waals surface area contributed by atoms with Gasteiger partial charge < -0.3 is 9.47 Å². The summed E-state index contributed by atoms with van der Waals surface area (Å²) >= 11 is 0. The lowest BCUT2D eigenvalue weighted by Crippen LogP contribution is -2.10. The average molecular weight is 388 g/mol. The molecule has 0 N–H and O–H groups in total. The standard InChI is InChI=1S/C24H35O2S/c1-4-7-8-21-13-15-24(16-14-21)26-18-17-25-19-22-9-11-23(12-10-22)20-27(5-2)6-3/h9-16H,4-8,17-20H2,1-3H3/q+1. The van der Waals surface area contributed by atoms with E-state index in [9.17, 15) is 0 Å². The van der Waals surface area contributed by atoms with Crippen molar-refractivity contribution < 1.29 is 9.47 Å². The highest BCUT2D eigenvalue weighted by Crippen LogP contribution is 2.14. The van der Waals surface area contributed by atoms with Gasteiger partial charge in [0.1, 0.15) is 29.6 Å². The number of unbranched alkanes of at least 4 members (excludes halogenated alkanes) is 1. The van der Waals surface area contributed by atoms with Crippen molar-refractivity contribution in [2.24, 2.45) is 0 Å². The van der Waals surface area contributed by atoms with Crippen molar-refractivity contribution in [2.45, 2.75) is 52.4 Å². The van der Waals surface area contributed by atoms with Gasteiger partial charge >= 0.3 is 0 Å². The van der Waals surface area contributed by atoms with Crippen LogP contribution in [0.15, 0.2) is 48.5 Å². The normalized spacial score (nSPS) is 11.1. The summed E-state index contributed by atoms with van der Waals surface area (Å²) in [5.74, 6) is 4.69. The van der Waals surface area contributed by atoms with E-state index in [0.29, 0.717) is 30.7 Å². The molecule has 3 heteroatoms. The van der Waals surface area contributed by atoms with E-state index < -0.39 is 0 Å². The van der Waals surface area contributed by atoms with E-state index >= 15 is 0 Å². The van der Waals surface area contributed by atoms with Crippen molar-refractivity contribution in [2.75, 3.05) is 24.7 Å². The molecule has 0 unspecified atom stereocenters. The van der Waals surface area contributed by atoms with Crippen LogP contribution in [0.5, 0.6) is 5.75 Å². The first kappa shape index (κ1) is 21.8. The molecule has 148 valence electrons. The molecule has 27 heavy (non-hydrogen) atoms. The van der Waals surface area contributed by atoms with Crippen molar-refractivity contribution in [1.29, 1.82) is 0 Å². The second-order valence-electron chi connectivity index (χ2n) is 6.80. The second kappa shape index (κ2) is 12.9. The molecule has 2 rings (SSSR count). The van der Waals surface area contributed by atoms with Crippen LogP contribution in [0.4, 0.5) is 0 Å². The summed E-state index contributed by atoms with van der Waals surface area (Å²) in [7, 11) is 0.526. The van der Waals surface area contributed by atoms with E-state index in [1.54, 1.807) is 0 Å². The van der Waals surface area contributed by atoms with E-state index in [4.69, 9.17) is 9.47 Å². The lowest BCUT2D eigenvalue weighted by Gasteiger charge is -2.09. The van der Waals surface area contributed by atoms with Crippen molar-refractivity contribution in [3.05, 3.63) is 65.2 Å². The van der Waals surface area contributed by atoms with E-state index in [2.05, 4.69) is 69.3 Å². The van der Waals surface area contributed by atoms with Crippen LogP contribution in [-0.2, 0) is 34.4 Å². The molecular formula is C24H35O2S+. The summed E-state index contributed by atoms with van der Waals surface area (Å²) in [5.41, 5.74) is 4.05. The molecule has 0 amide bonds. The minimum Gasteiger partial charge on any atom is -0.491 e. The maximum Gasteiger partial charge on any atom is 0.133 e. The third-order valence-electron chi connectivity index (χ3n) is 4.72. The summed E-state index contributed by atoms with van der Waals surface area (Å²) in [6.45, 7) is 8.64. The van der Waals surface area contributed by atoms with Crippen LogP contribution in [0.3, 0.4) is 0 Å². The highest BCUT2D eigenvalue weighted by atomic mass is 32.2. The molecule has 2 aromatic carbocycles. The molecule has 0 saturated heterocycles. The minimum atomic E-state index is 0.526. The summed E-state index contributed by atoms with van der Waals surface area (Å²) in [5, 5.41) is 0. The van der Waals surface area contributed by atoms with Crippen LogP contribution in [0.2, 0.25) is 0 Å². The van der Waals surface area contributed by atoms with Crippen molar-refractivity contribution >= 4 is 10.9 Å². The number of hydrogen-bond acceptors (Lipinski definition) is 2. The molecule has 0 aromatic heterocycles. The van der Waals surface area contributed by atoms with Crippen LogP contribution in [0.25, 0.3) is 0 Å². The van der Waals surface area contributed by atoms with Gasteiger partial charge in [-0.15, -0.1) is 0 Å². The first-order chi connectivity index (χ1) is 13.2. The summed E-state index contributed by atoms with van der Waals surface area (Å²) in [4.78, 5) is 0. The van der Waals surface area contributed by atoms with Crippen molar-refractivity contribution in [1.82, 2.24) is 0 Å². The predicted molar refractivity (Wildman–Crippen MR) is 119 cm³/mol. The summed E-state index contributed by atoms with van der Waals surface area (Å²) in [6, 6.07) is 17.3. The fraction of sp³-hybridized carbons (Fsp3) is 0.500.